The van der Waals surface area contributed by atoms with Gasteiger partial charge in [0, 0.05) is 12.1 Å². The van der Waals surface area contributed by atoms with Crippen molar-refractivity contribution in [3.05, 3.63) is 90.0 Å². The van der Waals surface area contributed by atoms with E-state index in [0.29, 0.717) is 0 Å². The van der Waals surface area contributed by atoms with E-state index < -0.39 is 0 Å². The van der Waals surface area contributed by atoms with Gasteiger partial charge in [-0.05, 0) is 53.6 Å². The number of benzene rings is 3. The summed E-state index contributed by atoms with van der Waals surface area (Å²) in [6.45, 7) is 0. The molecule has 1 aliphatic rings. The lowest BCUT2D eigenvalue weighted by Gasteiger charge is -2.19. The summed E-state index contributed by atoms with van der Waals surface area (Å²) in [5.41, 5.74) is 5.34. The molecule has 1 unspecified atom stereocenters. The van der Waals surface area contributed by atoms with Crippen LogP contribution in [0.15, 0.2) is 83.9 Å². The van der Waals surface area contributed by atoms with Gasteiger partial charge in [-0.3, -0.25) is 4.99 Å². The van der Waals surface area contributed by atoms with Crippen molar-refractivity contribution in [1.82, 2.24) is 0 Å². The van der Waals surface area contributed by atoms with Crippen LogP contribution in [0, 0.1) is 0 Å². The SMILES string of the molecule is COc1ccc(/C=C/C2=Nc3ccccc3NC(c3ccc(OC)cc3)C2)cc1. The number of allylic oxidation sites excluding steroid dienone is 1. The van der Waals surface area contributed by atoms with Gasteiger partial charge in [0.1, 0.15) is 11.5 Å². The number of fused-ring (bicyclic) bond motifs is 1. The zero-order valence-electron chi connectivity index (χ0n) is 16.6. The van der Waals surface area contributed by atoms with Crippen molar-refractivity contribution >= 4 is 23.2 Å². The Morgan fingerprint density at radius 3 is 2.17 bits per heavy atom. The van der Waals surface area contributed by atoms with Crippen molar-refractivity contribution in [2.45, 2.75) is 12.5 Å². The fraction of sp³-hybridized carbons (Fsp3) is 0.160. The van der Waals surface area contributed by atoms with Gasteiger partial charge in [-0.2, -0.15) is 0 Å². The molecular formula is C25H24N2O2. The van der Waals surface area contributed by atoms with E-state index in [-0.39, 0.29) is 6.04 Å². The molecule has 3 aromatic carbocycles. The fourth-order valence-corrected chi connectivity index (χ4v) is 3.39. The van der Waals surface area contributed by atoms with Crippen LogP contribution in [0.5, 0.6) is 11.5 Å². The highest BCUT2D eigenvalue weighted by Gasteiger charge is 2.19. The lowest BCUT2D eigenvalue weighted by Crippen LogP contribution is -2.12. The standard InChI is InChI=1S/C25H24N2O2/c1-28-21-13-8-18(9-14-21)7-12-20-17-25(19-10-15-22(29-2)16-11-19)27-24-6-4-3-5-23(24)26-20/h3-16,25,27H,17H2,1-2H3/b12-7+. The van der Waals surface area contributed by atoms with E-state index in [1.165, 1.54) is 5.56 Å². The van der Waals surface area contributed by atoms with Gasteiger partial charge in [-0.1, -0.05) is 42.5 Å². The Labute approximate surface area is 171 Å². The van der Waals surface area contributed by atoms with E-state index in [1.54, 1.807) is 14.2 Å². The Balaban J connectivity index is 1.63. The minimum atomic E-state index is 0.129. The number of hydrogen-bond acceptors (Lipinski definition) is 4. The van der Waals surface area contributed by atoms with Crippen LogP contribution in [0.4, 0.5) is 11.4 Å². The van der Waals surface area contributed by atoms with Crippen molar-refractivity contribution in [2.75, 3.05) is 19.5 Å². The van der Waals surface area contributed by atoms with E-state index in [9.17, 15) is 0 Å². The van der Waals surface area contributed by atoms with Crippen molar-refractivity contribution in [3.63, 3.8) is 0 Å². The van der Waals surface area contributed by atoms with Gasteiger partial charge in [0.2, 0.25) is 0 Å². The van der Waals surface area contributed by atoms with Gasteiger partial charge in [-0.25, -0.2) is 0 Å². The van der Waals surface area contributed by atoms with E-state index in [1.807, 2.05) is 54.6 Å². The smallest absolute Gasteiger partial charge is 0.118 e. The first kappa shape index (κ1) is 18.8. The Morgan fingerprint density at radius 2 is 1.48 bits per heavy atom. The summed E-state index contributed by atoms with van der Waals surface area (Å²) in [6, 6.07) is 24.5. The van der Waals surface area contributed by atoms with E-state index >= 15 is 0 Å². The summed E-state index contributed by atoms with van der Waals surface area (Å²) in [5, 5.41) is 3.65. The average molecular weight is 384 g/mol. The quantitative estimate of drug-likeness (QED) is 0.582. The maximum absolute atomic E-state index is 5.30. The van der Waals surface area contributed by atoms with E-state index in [0.717, 1.165) is 40.6 Å². The van der Waals surface area contributed by atoms with E-state index in [2.05, 4.69) is 35.7 Å². The summed E-state index contributed by atoms with van der Waals surface area (Å²) in [7, 11) is 3.36. The van der Waals surface area contributed by atoms with Crippen molar-refractivity contribution in [2.24, 2.45) is 4.99 Å². The Bertz CT molecular complexity index is 1020. The molecule has 146 valence electrons. The van der Waals surface area contributed by atoms with E-state index in [4.69, 9.17) is 14.5 Å². The molecule has 3 aromatic rings. The van der Waals surface area contributed by atoms with Gasteiger partial charge >= 0.3 is 0 Å². The minimum absolute atomic E-state index is 0.129. The molecule has 1 heterocycles. The number of ether oxygens (including phenoxy) is 2. The summed E-state index contributed by atoms with van der Waals surface area (Å²) in [6.07, 6.45) is 4.98. The number of para-hydroxylation sites is 2. The molecule has 4 rings (SSSR count). The van der Waals surface area contributed by atoms with Crippen molar-refractivity contribution in [1.29, 1.82) is 0 Å². The Morgan fingerprint density at radius 1 is 0.828 bits per heavy atom. The molecule has 4 heteroatoms. The number of nitrogens with one attached hydrogen (secondary N) is 1. The Kier molecular flexibility index (Phi) is 5.61. The third-order valence-electron chi connectivity index (χ3n) is 5.01. The molecule has 0 aromatic heterocycles. The highest BCUT2D eigenvalue weighted by molar-refractivity contribution is 6.02. The first-order chi connectivity index (χ1) is 14.2. The molecule has 0 bridgehead atoms. The number of hydrogen-bond donors (Lipinski definition) is 1. The van der Waals surface area contributed by atoms with Crippen LogP contribution in [0.3, 0.4) is 0 Å². The second kappa shape index (κ2) is 8.65. The molecule has 0 saturated heterocycles. The number of nitrogens with zero attached hydrogens (tertiary/aromatic N) is 1. The van der Waals surface area contributed by atoms with Crippen molar-refractivity contribution in [3.8, 4) is 11.5 Å². The molecule has 29 heavy (non-hydrogen) atoms. The first-order valence-corrected chi connectivity index (χ1v) is 9.64. The minimum Gasteiger partial charge on any atom is -0.497 e. The second-order valence-electron chi connectivity index (χ2n) is 6.90. The molecule has 0 radical (unpaired) electrons. The number of anilines is 1. The van der Waals surface area contributed by atoms with Crippen molar-refractivity contribution < 1.29 is 9.47 Å². The van der Waals surface area contributed by atoms with Crippen LogP contribution in [0.25, 0.3) is 6.08 Å². The molecule has 0 aliphatic carbocycles. The van der Waals surface area contributed by atoms with Gasteiger partial charge in [-0.15, -0.1) is 0 Å². The second-order valence-corrected chi connectivity index (χ2v) is 6.90. The molecule has 1 N–H and O–H groups in total. The summed E-state index contributed by atoms with van der Waals surface area (Å²) >= 11 is 0. The predicted octanol–water partition coefficient (Wildman–Crippen LogP) is 6.05. The Hall–Kier alpha value is -3.53. The highest BCUT2D eigenvalue weighted by atomic mass is 16.5. The van der Waals surface area contributed by atoms with Crippen LogP contribution in [0.2, 0.25) is 0 Å². The van der Waals surface area contributed by atoms with Crippen LogP contribution in [-0.2, 0) is 0 Å². The zero-order chi connectivity index (χ0) is 20.1. The van der Waals surface area contributed by atoms with Gasteiger partial charge in [0.05, 0.1) is 31.6 Å². The number of methoxy groups -OCH3 is 2. The molecule has 1 atom stereocenters. The predicted molar refractivity (Wildman–Crippen MR) is 120 cm³/mol. The number of rotatable bonds is 5. The maximum Gasteiger partial charge on any atom is 0.118 e. The number of aliphatic imine (C=N–C) groups is 1. The highest BCUT2D eigenvalue weighted by Crippen LogP contribution is 2.34. The first-order valence-electron chi connectivity index (χ1n) is 9.64. The summed E-state index contributed by atoms with van der Waals surface area (Å²) < 4.78 is 10.5. The van der Waals surface area contributed by atoms with Crippen LogP contribution < -0.4 is 14.8 Å². The molecule has 0 amide bonds. The monoisotopic (exact) mass is 384 g/mol. The summed E-state index contributed by atoms with van der Waals surface area (Å²) in [4.78, 5) is 4.92. The molecular weight excluding hydrogens is 360 g/mol. The third-order valence-corrected chi connectivity index (χ3v) is 5.01. The van der Waals surface area contributed by atoms with Gasteiger partial charge in [0.15, 0.2) is 0 Å². The largest absolute Gasteiger partial charge is 0.497 e. The maximum atomic E-state index is 5.30. The van der Waals surface area contributed by atoms with Crippen LogP contribution in [-0.4, -0.2) is 19.9 Å². The molecule has 4 nitrogen and oxygen atoms in total. The van der Waals surface area contributed by atoms with Gasteiger partial charge < -0.3 is 14.8 Å². The fourth-order valence-electron chi connectivity index (χ4n) is 3.39. The average Bonchev–Trinajstić information content (AvgIpc) is 2.97. The molecule has 0 fully saturated rings. The lowest BCUT2D eigenvalue weighted by atomic mass is 10.00. The third kappa shape index (κ3) is 4.49. The zero-order valence-corrected chi connectivity index (χ0v) is 16.6. The lowest BCUT2D eigenvalue weighted by molar-refractivity contribution is 0.414. The topological polar surface area (TPSA) is 42.8 Å². The normalized spacial score (nSPS) is 15.8. The van der Waals surface area contributed by atoms with Crippen LogP contribution in [0.1, 0.15) is 23.6 Å². The van der Waals surface area contributed by atoms with Crippen LogP contribution >= 0.6 is 0 Å². The van der Waals surface area contributed by atoms with Gasteiger partial charge in [0.25, 0.3) is 0 Å². The molecule has 0 spiro atoms. The summed E-state index contributed by atoms with van der Waals surface area (Å²) in [5.74, 6) is 1.71. The molecule has 0 saturated carbocycles. The molecule has 1 aliphatic heterocycles.